The highest BCUT2D eigenvalue weighted by molar-refractivity contribution is 6.19. The van der Waals surface area contributed by atoms with E-state index >= 15 is 0 Å². The fraction of sp³-hybridized carbons (Fsp3) is 0. The number of rotatable bonds is 3. The lowest BCUT2D eigenvalue weighted by atomic mass is 9.94. The number of aromatic nitrogens is 2. The zero-order valence-corrected chi connectivity index (χ0v) is 25.7. The molecule has 10 rings (SSSR count). The first-order valence-corrected chi connectivity index (χ1v) is 16.1. The molecule has 48 heavy (non-hydrogen) atoms. The minimum absolute atomic E-state index is 0.282. The van der Waals surface area contributed by atoms with E-state index in [-0.39, 0.29) is 11.1 Å². The Bertz CT molecular complexity index is 3030. The van der Waals surface area contributed by atoms with Gasteiger partial charge in [-0.15, -0.1) is 0 Å². The van der Waals surface area contributed by atoms with Gasteiger partial charge in [0.2, 0.25) is 0 Å². The van der Waals surface area contributed by atoms with Crippen LogP contribution < -0.4 is 11.1 Å². The largest absolute Gasteiger partial charge is 0.309 e. The number of hydrogen-bond donors (Lipinski definition) is 0. The van der Waals surface area contributed by atoms with Crippen molar-refractivity contribution in [1.82, 2.24) is 8.97 Å². The SMILES string of the molecule is O=c1c2ccccc2c2cccc3c4cccc(-c5ccc(-c6ccc7c(c6)c6ccccc6n7-c6ccccc6)cc5)c4c(=O)n1c23. The molecule has 7 aromatic carbocycles. The molecule has 4 heteroatoms. The Morgan fingerprint density at radius 1 is 0.375 bits per heavy atom. The summed E-state index contributed by atoms with van der Waals surface area (Å²) in [4.78, 5) is 28.2. The third kappa shape index (κ3) is 3.65. The zero-order chi connectivity index (χ0) is 31.9. The van der Waals surface area contributed by atoms with Crippen molar-refractivity contribution in [3.63, 3.8) is 0 Å². The third-order valence-electron chi connectivity index (χ3n) is 9.90. The van der Waals surface area contributed by atoms with Crippen molar-refractivity contribution >= 4 is 59.6 Å². The van der Waals surface area contributed by atoms with Gasteiger partial charge in [-0.2, -0.15) is 0 Å². The highest BCUT2D eigenvalue weighted by Gasteiger charge is 2.19. The molecule has 0 N–H and O–H groups in total. The normalized spacial score (nSPS) is 11.9. The molecular formula is C44H26N2O2. The Labute approximate surface area is 274 Å². The second kappa shape index (κ2) is 9.99. The van der Waals surface area contributed by atoms with Gasteiger partial charge in [-0.05, 0) is 69.4 Å². The Morgan fingerprint density at radius 2 is 0.958 bits per heavy atom. The van der Waals surface area contributed by atoms with E-state index in [1.54, 1.807) is 6.07 Å². The van der Waals surface area contributed by atoms with Crippen LogP contribution in [-0.2, 0) is 0 Å². The maximum Gasteiger partial charge on any atom is 0.266 e. The van der Waals surface area contributed by atoms with Gasteiger partial charge in [-0.3, -0.25) is 9.59 Å². The maximum absolute atomic E-state index is 14.3. The van der Waals surface area contributed by atoms with Gasteiger partial charge < -0.3 is 4.57 Å². The first kappa shape index (κ1) is 26.7. The molecule has 0 radical (unpaired) electrons. The predicted molar refractivity (Wildman–Crippen MR) is 199 cm³/mol. The van der Waals surface area contributed by atoms with E-state index in [2.05, 4.69) is 95.6 Å². The van der Waals surface area contributed by atoms with Crippen molar-refractivity contribution in [1.29, 1.82) is 0 Å². The summed E-state index contributed by atoms with van der Waals surface area (Å²) < 4.78 is 3.70. The minimum Gasteiger partial charge on any atom is -0.309 e. The second-order valence-electron chi connectivity index (χ2n) is 12.4. The van der Waals surface area contributed by atoms with Crippen LogP contribution in [0.3, 0.4) is 0 Å². The van der Waals surface area contributed by atoms with Crippen LogP contribution in [0.4, 0.5) is 0 Å². The first-order chi connectivity index (χ1) is 23.7. The van der Waals surface area contributed by atoms with Crippen molar-refractivity contribution in [2.45, 2.75) is 0 Å². The summed E-state index contributed by atoms with van der Waals surface area (Å²) in [5.41, 5.74) is 7.53. The summed E-state index contributed by atoms with van der Waals surface area (Å²) in [5, 5.41) is 7.02. The van der Waals surface area contributed by atoms with Crippen molar-refractivity contribution in [2.24, 2.45) is 0 Å². The number of para-hydroxylation sites is 3. The van der Waals surface area contributed by atoms with Gasteiger partial charge in [0.05, 0.1) is 21.9 Å². The number of benzene rings is 7. The molecule has 0 atom stereocenters. The monoisotopic (exact) mass is 614 g/mol. The lowest BCUT2D eigenvalue weighted by molar-refractivity contribution is 1.09. The fourth-order valence-corrected chi connectivity index (χ4v) is 7.75. The molecule has 0 amide bonds. The summed E-state index contributed by atoms with van der Waals surface area (Å²) in [5.74, 6) is 0. The van der Waals surface area contributed by atoms with Crippen LogP contribution in [0.15, 0.2) is 167 Å². The molecule has 3 aromatic heterocycles. The molecule has 0 aliphatic carbocycles. The third-order valence-corrected chi connectivity index (χ3v) is 9.90. The lowest BCUT2D eigenvalue weighted by Crippen LogP contribution is -2.27. The Morgan fingerprint density at radius 3 is 1.77 bits per heavy atom. The average Bonchev–Trinajstić information content (AvgIpc) is 3.48. The molecule has 0 spiro atoms. The van der Waals surface area contributed by atoms with Crippen molar-refractivity contribution < 1.29 is 0 Å². The van der Waals surface area contributed by atoms with E-state index in [9.17, 15) is 9.59 Å². The average molecular weight is 615 g/mol. The highest BCUT2D eigenvalue weighted by Crippen LogP contribution is 2.37. The minimum atomic E-state index is -0.288. The van der Waals surface area contributed by atoms with E-state index in [0.717, 1.165) is 55.0 Å². The Balaban J connectivity index is 1.15. The quantitative estimate of drug-likeness (QED) is 0.147. The van der Waals surface area contributed by atoms with Gasteiger partial charge in [0.25, 0.3) is 11.1 Å². The van der Waals surface area contributed by atoms with E-state index in [0.29, 0.717) is 16.3 Å². The zero-order valence-electron chi connectivity index (χ0n) is 25.7. The van der Waals surface area contributed by atoms with E-state index in [1.807, 2.05) is 60.7 Å². The van der Waals surface area contributed by atoms with E-state index in [1.165, 1.54) is 20.7 Å². The molecule has 4 nitrogen and oxygen atoms in total. The van der Waals surface area contributed by atoms with Crippen LogP contribution >= 0.6 is 0 Å². The molecule has 0 unspecified atom stereocenters. The second-order valence-corrected chi connectivity index (χ2v) is 12.4. The highest BCUT2D eigenvalue weighted by atomic mass is 16.2. The van der Waals surface area contributed by atoms with Crippen LogP contribution in [0.5, 0.6) is 0 Å². The molecule has 0 saturated heterocycles. The summed E-state index contributed by atoms with van der Waals surface area (Å²) >= 11 is 0. The molecule has 0 saturated carbocycles. The van der Waals surface area contributed by atoms with Crippen LogP contribution in [-0.4, -0.2) is 8.97 Å². The number of fused-ring (bicyclic) bond motifs is 7. The fourth-order valence-electron chi connectivity index (χ4n) is 7.75. The summed E-state index contributed by atoms with van der Waals surface area (Å²) in [6.45, 7) is 0. The molecule has 0 bridgehead atoms. The van der Waals surface area contributed by atoms with Gasteiger partial charge in [-0.25, -0.2) is 4.40 Å². The smallest absolute Gasteiger partial charge is 0.266 e. The van der Waals surface area contributed by atoms with Crippen LogP contribution in [0, 0.1) is 0 Å². The van der Waals surface area contributed by atoms with Gasteiger partial charge >= 0.3 is 0 Å². The Kier molecular flexibility index (Phi) is 5.55. The molecule has 224 valence electrons. The van der Waals surface area contributed by atoms with Crippen LogP contribution in [0.2, 0.25) is 0 Å². The molecule has 0 fully saturated rings. The first-order valence-electron chi connectivity index (χ1n) is 16.1. The number of pyridine rings is 2. The van der Waals surface area contributed by atoms with Gasteiger partial charge in [0, 0.05) is 32.6 Å². The van der Waals surface area contributed by atoms with E-state index in [4.69, 9.17) is 0 Å². The standard InChI is InChI=1S/C44H26N2O2/c47-43-37-14-5-4-12-32(37)35-17-9-18-36-34-16-8-15-31(41(34)44(48)46(43)42(35)36)28-22-20-27(21-23-28)29-24-25-40-38(26-29)33-13-6-7-19-39(33)45(40)30-10-2-1-3-11-30/h1-26H. The van der Waals surface area contributed by atoms with Crippen molar-refractivity contribution in [2.75, 3.05) is 0 Å². The summed E-state index contributed by atoms with van der Waals surface area (Å²) in [6, 6.07) is 53.6. The Hall–Kier alpha value is -6.52. The topological polar surface area (TPSA) is 43.5 Å². The van der Waals surface area contributed by atoms with Crippen LogP contribution in [0.25, 0.3) is 87.6 Å². The number of hydrogen-bond acceptors (Lipinski definition) is 2. The molecular weight excluding hydrogens is 588 g/mol. The van der Waals surface area contributed by atoms with Crippen LogP contribution in [0.1, 0.15) is 0 Å². The molecule has 0 aliphatic heterocycles. The van der Waals surface area contributed by atoms with Gasteiger partial charge in [-0.1, -0.05) is 121 Å². The maximum atomic E-state index is 14.3. The van der Waals surface area contributed by atoms with Crippen molar-refractivity contribution in [3.8, 4) is 27.9 Å². The summed E-state index contributed by atoms with van der Waals surface area (Å²) in [6.07, 6.45) is 0. The van der Waals surface area contributed by atoms with Crippen molar-refractivity contribution in [3.05, 3.63) is 178 Å². The van der Waals surface area contributed by atoms with Gasteiger partial charge in [0.15, 0.2) is 0 Å². The molecule has 3 heterocycles. The molecule has 10 aromatic rings. The van der Waals surface area contributed by atoms with E-state index < -0.39 is 0 Å². The molecule has 0 aliphatic rings. The summed E-state index contributed by atoms with van der Waals surface area (Å²) in [7, 11) is 0. The van der Waals surface area contributed by atoms with Gasteiger partial charge in [0.1, 0.15) is 0 Å². The number of nitrogens with zero attached hydrogens (tertiary/aromatic N) is 2. The predicted octanol–water partition coefficient (Wildman–Crippen LogP) is 9.99. The lowest BCUT2D eigenvalue weighted by Gasteiger charge is -2.14.